The van der Waals surface area contributed by atoms with Gasteiger partial charge < -0.3 is 15.3 Å². The molecule has 0 saturated heterocycles. The minimum atomic E-state index is -1.09. The van der Waals surface area contributed by atoms with Crippen LogP contribution in [0.25, 0.3) is 0 Å². The van der Waals surface area contributed by atoms with Crippen molar-refractivity contribution in [2.75, 3.05) is 7.05 Å². The molecule has 1 saturated carbocycles. The molecule has 0 spiro atoms. The van der Waals surface area contributed by atoms with Gasteiger partial charge in [0.05, 0.1) is 0 Å². The van der Waals surface area contributed by atoms with Gasteiger partial charge in [-0.1, -0.05) is 40.9 Å². The second kappa shape index (κ2) is 6.47. The highest BCUT2D eigenvalue weighted by atomic mass is 79.9. The van der Waals surface area contributed by atoms with E-state index in [9.17, 15) is 14.7 Å². The molecule has 0 atom stereocenters. The molecule has 6 heteroatoms. The molecule has 1 aromatic rings. The third-order valence-electron chi connectivity index (χ3n) is 3.87. The molecule has 2 N–H and O–H groups in total. The van der Waals surface area contributed by atoms with Crippen LogP contribution in [-0.4, -0.2) is 34.6 Å². The van der Waals surface area contributed by atoms with E-state index in [0.717, 1.165) is 22.9 Å². The van der Waals surface area contributed by atoms with E-state index in [1.165, 1.54) is 4.90 Å². The van der Waals surface area contributed by atoms with E-state index in [-0.39, 0.29) is 6.03 Å². The Balaban J connectivity index is 2.01. The predicted octanol–water partition coefficient (Wildman–Crippen LogP) is 2.99. The molecular formula is C15H19BrN2O3. The zero-order valence-corrected chi connectivity index (χ0v) is 13.5. The van der Waals surface area contributed by atoms with Crippen molar-refractivity contribution in [3.8, 4) is 0 Å². The largest absolute Gasteiger partial charge is 0.480 e. The second-order valence-corrected chi connectivity index (χ2v) is 6.43. The summed E-state index contributed by atoms with van der Waals surface area (Å²) in [5, 5.41) is 12.1. The number of carboxylic acids is 1. The number of amides is 2. The Morgan fingerprint density at radius 3 is 2.62 bits per heavy atom. The topological polar surface area (TPSA) is 69.6 Å². The van der Waals surface area contributed by atoms with Crippen LogP contribution < -0.4 is 5.32 Å². The van der Waals surface area contributed by atoms with Gasteiger partial charge in [-0.15, -0.1) is 0 Å². The average molecular weight is 355 g/mol. The third kappa shape index (κ3) is 3.75. The number of carbonyl (C=O) groups excluding carboxylic acids is 1. The van der Waals surface area contributed by atoms with Gasteiger partial charge in [-0.2, -0.15) is 0 Å². The van der Waals surface area contributed by atoms with E-state index >= 15 is 0 Å². The summed E-state index contributed by atoms with van der Waals surface area (Å²) < 4.78 is 0.951. The van der Waals surface area contributed by atoms with Crippen LogP contribution in [0, 0.1) is 0 Å². The molecular weight excluding hydrogens is 336 g/mol. The fourth-order valence-corrected chi connectivity index (χ4v) is 3.10. The van der Waals surface area contributed by atoms with Crippen molar-refractivity contribution < 1.29 is 14.7 Å². The first-order valence-corrected chi connectivity index (χ1v) is 7.73. The summed E-state index contributed by atoms with van der Waals surface area (Å²) >= 11 is 3.39. The standard InChI is InChI=1S/C15H19BrN2O3/c1-18(10-11-5-4-6-12(16)9-11)14(21)17-15(13(19)20)7-2-3-8-15/h4-6,9H,2-3,7-8,10H2,1H3,(H,17,21)(H,19,20). The smallest absolute Gasteiger partial charge is 0.329 e. The molecule has 2 amide bonds. The lowest BCUT2D eigenvalue weighted by Gasteiger charge is -2.28. The van der Waals surface area contributed by atoms with Gasteiger partial charge in [0.15, 0.2) is 0 Å². The summed E-state index contributed by atoms with van der Waals surface area (Å²) in [6, 6.07) is 7.34. The van der Waals surface area contributed by atoms with Crippen molar-refractivity contribution >= 4 is 27.9 Å². The second-order valence-electron chi connectivity index (χ2n) is 5.51. The molecule has 2 rings (SSSR count). The molecule has 1 aliphatic rings. The van der Waals surface area contributed by atoms with Gasteiger partial charge in [0, 0.05) is 18.1 Å². The Kier molecular flexibility index (Phi) is 4.88. The molecule has 0 aliphatic heterocycles. The minimum absolute atomic E-state index is 0.348. The maximum Gasteiger partial charge on any atom is 0.329 e. The highest BCUT2D eigenvalue weighted by Gasteiger charge is 2.43. The van der Waals surface area contributed by atoms with Gasteiger partial charge in [-0.3, -0.25) is 0 Å². The fourth-order valence-electron chi connectivity index (χ4n) is 2.65. The summed E-state index contributed by atoms with van der Waals surface area (Å²) in [4.78, 5) is 25.2. The Bertz CT molecular complexity index is 541. The first kappa shape index (κ1) is 15.8. The van der Waals surface area contributed by atoms with Crippen LogP contribution in [0.1, 0.15) is 31.2 Å². The van der Waals surface area contributed by atoms with E-state index in [0.29, 0.717) is 19.4 Å². The van der Waals surface area contributed by atoms with Gasteiger partial charge in [0.2, 0.25) is 0 Å². The molecule has 0 unspecified atom stereocenters. The SMILES string of the molecule is CN(Cc1cccc(Br)c1)C(=O)NC1(C(=O)O)CCCC1. The van der Waals surface area contributed by atoms with Gasteiger partial charge in [-0.25, -0.2) is 9.59 Å². The molecule has 1 aromatic carbocycles. The number of carbonyl (C=O) groups is 2. The maximum absolute atomic E-state index is 12.2. The lowest BCUT2D eigenvalue weighted by atomic mass is 9.98. The van der Waals surface area contributed by atoms with Crippen LogP contribution >= 0.6 is 15.9 Å². The highest BCUT2D eigenvalue weighted by Crippen LogP contribution is 2.30. The number of benzene rings is 1. The van der Waals surface area contributed by atoms with E-state index in [1.54, 1.807) is 7.05 Å². The van der Waals surface area contributed by atoms with Gasteiger partial charge in [0.1, 0.15) is 5.54 Å². The molecule has 0 radical (unpaired) electrons. The average Bonchev–Trinajstić information content (AvgIpc) is 2.88. The summed E-state index contributed by atoms with van der Waals surface area (Å²) in [7, 11) is 1.67. The van der Waals surface area contributed by atoms with E-state index in [1.807, 2.05) is 24.3 Å². The molecule has 0 aromatic heterocycles. The number of nitrogens with one attached hydrogen (secondary N) is 1. The number of aliphatic carboxylic acids is 1. The highest BCUT2D eigenvalue weighted by molar-refractivity contribution is 9.10. The lowest BCUT2D eigenvalue weighted by Crippen LogP contribution is -2.55. The van der Waals surface area contributed by atoms with Gasteiger partial charge in [0.25, 0.3) is 0 Å². The Morgan fingerprint density at radius 1 is 1.38 bits per heavy atom. The van der Waals surface area contributed by atoms with Crippen LogP contribution in [0.5, 0.6) is 0 Å². The Hall–Kier alpha value is -1.56. The van der Waals surface area contributed by atoms with Crippen molar-refractivity contribution in [3.05, 3.63) is 34.3 Å². The molecule has 0 bridgehead atoms. The summed E-state index contributed by atoms with van der Waals surface area (Å²) in [6.45, 7) is 0.432. The van der Waals surface area contributed by atoms with Crippen LogP contribution in [0.2, 0.25) is 0 Å². The van der Waals surface area contributed by atoms with E-state index < -0.39 is 11.5 Å². The normalized spacial score (nSPS) is 16.5. The number of urea groups is 1. The number of rotatable bonds is 4. The zero-order chi connectivity index (χ0) is 15.5. The predicted molar refractivity (Wildman–Crippen MR) is 83.0 cm³/mol. The van der Waals surface area contributed by atoms with E-state index in [4.69, 9.17) is 0 Å². The van der Waals surface area contributed by atoms with Crippen LogP contribution in [0.15, 0.2) is 28.7 Å². The number of halogens is 1. The van der Waals surface area contributed by atoms with E-state index in [2.05, 4.69) is 21.2 Å². The van der Waals surface area contributed by atoms with Crippen LogP contribution in [-0.2, 0) is 11.3 Å². The summed E-state index contributed by atoms with van der Waals surface area (Å²) in [5.74, 6) is -0.941. The van der Waals surface area contributed by atoms with Crippen molar-refractivity contribution in [2.24, 2.45) is 0 Å². The minimum Gasteiger partial charge on any atom is -0.480 e. The number of hydrogen-bond acceptors (Lipinski definition) is 2. The molecule has 0 heterocycles. The fraction of sp³-hybridized carbons (Fsp3) is 0.467. The first-order chi connectivity index (χ1) is 9.93. The van der Waals surface area contributed by atoms with Gasteiger partial charge >= 0.3 is 12.0 Å². The van der Waals surface area contributed by atoms with Gasteiger partial charge in [-0.05, 0) is 30.5 Å². The number of nitrogens with zero attached hydrogens (tertiary/aromatic N) is 1. The Labute approximate surface area is 132 Å². The monoisotopic (exact) mass is 354 g/mol. The van der Waals surface area contributed by atoms with Crippen molar-refractivity contribution in [1.29, 1.82) is 0 Å². The number of hydrogen-bond donors (Lipinski definition) is 2. The third-order valence-corrected chi connectivity index (χ3v) is 4.36. The molecule has 114 valence electrons. The molecule has 21 heavy (non-hydrogen) atoms. The lowest BCUT2D eigenvalue weighted by molar-refractivity contribution is -0.144. The van der Waals surface area contributed by atoms with Crippen LogP contribution in [0.3, 0.4) is 0 Å². The van der Waals surface area contributed by atoms with Crippen molar-refractivity contribution in [3.63, 3.8) is 0 Å². The maximum atomic E-state index is 12.2. The number of carboxylic acid groups (broad SMARTS) is 1. The molecule has 1 aliphatic carbocycles. The quantitative estimate of drug-likeness (QED) is 0.872. The zero-order valence-electron chi connectivity index (χ0n) is 11.9. The first-order valence-electron chi connectivity index (χ1n) is 6.94. The summed E-state index contributed by atoms with van der Waals surface area (Å²) in [6.07, 6.45) is 2.67. The Morgan fingerprint density at radius 2 is 2.05 bits per heavy atom. The molecule has 5 nitrogen and oxygen atoms in total. The van der Waals surface area contributed by atoms with Crippen molar-refractivity contribution in [1.82, 2.24) is 10.2 Å². The summed E-state index contributed by atoms with van der Waals surface area (Å²) in [5.41, 5.74) is -0.111. The van der Waals surface area contributed by atoms with Crippen LogP contribution in [0.4, 0.5) is 4.79 Å². The van der Waals surface area contributed by atoms with Crippen molar-refractivity contribution in [2.45, 2.75) is 37.8 Å². The molecule has 1 fully saturated rings.